The van der Waals surface area contributed by atoms with E-state index in [1.807, 2.05) is 13.8 Å². The van der Waals surface area contributed by atoms with Crippen LogP contribution in [0.25, 0.3) is 0 Å². The van der Waals surface area contributed by atoms with Crippen molar-refractivity contribution < 1.29 is 13.2 Å². The molecule has 2 N–H and O–H groups in total. The number of benzene rings is 1. The number of ether oxygens (including phenoxy) is 1. The lowest BCUT2D eigenvalue weighted by Crippen LogP contribution is -2.34. The Kier molecular flexibility index (Phi) is 6.04. The molecule has 0 aromatic heterocycles. The number of hydrogen-bond donors (Lipinski definition) is 1. The Morgan fingerprint density at radius 2 is 1.95 bits per heavy atom. The monoisotopic (exact) mass is 334 g/mol. The van der Waals surface area contributed by atoms with Gasteiger partial charge in [0.1, 0.15) is 5.75 Å². The zero-order chi connectivity index (χ0) is 14.8. The molecular formula is C14H23ClN2O3S. The van der Waals surface area contributed by atoms with E-state index in [0.29, 0.717) is 36.9 Å². The van der Waals surface area contributed by atoms with Crippen LogP contribution in [-0.4, -0.2) is 39.0 Å². The fourth-order valence-corrected chi connectivity index (χ4v) is 3.97. The first-order chi connectivity index (χ1) is 9.41. The van der Waals surface area contributed by atoms with E-state index in [9.17, 15) is 8.42 Å². The van der Waals surface area contributed by atoms with Gasteiger partial charge in [-0.1, -0.05) is 6.92 Å². The van der Waals surface area contributed by atoms with Gasteiger partial charge in [-0.15, -0.1) is 12.4 Å². The van der Waals surface area contributed by atoms with Gasteiger partial charge in [0.2, 0.25) is 10.0 Å². The van der Waals surface area contributed by atoms with Crippen LogP contribution in [0, 0.1) is 5.41 Å². The Morgan fingerprint density at radius 1 is 1.33 bits per heavy atom. The van der Waals surface area contributed by atoms with Gasteiger partial charge >= 0.3 is 0 Å². The Balaban J connectivity index is 0.00000220. The molecule has 0 amide bonds. The molecule has 120 valence electrons. The molecule has 0 aliphatic carbocycles. The molecular weight excluding hydrogens is 312 g/mol. The molecule has 1 atom stereocenters. The van der Waals surface area contributed by atoms with Gasteiger partial charge in [0.25, 0.3) is 0 Å². The number of sulfonamides is 1. The number of hydrogen-bond acceptors (Lipinski definition) is 4. The third kappa shape index (κ3) is 3.88. The predicted molar refractivity (Wildman–Crippen MR) is 85.4 cm³/mol. The number of halogens is 1. The summed E-state index contributed by atoms with van der Waals surface area (Å²) in [6, 6.07) is 6.57. The highest BCUT2D eigenvalue weighted by Crippen LogP contribution is 2.32. The largest absolute Gasteiger partial charge is 0.494 e. The maximum atomic E-state index is 12.6. The molecule has 1 heterocycles. The van der Waals surface area contributed by atoms with Crippen LogP contribution in [0.2, 0.25) is 0 Å². The summed E-state index contributed by atoms with van der Waals surface area (Å²) in [6.07, 6.45) is 0.805. The van der Waals surface area contributed by atoms with Crippen LogP contribution in [0.1, 0.15) is 20.3 Å². The Hall–Kier alpha value is -0.820. The Bertz CT molecular complexity index is 562. The SMILES string of the molecule is CCOc1ccc(S(=O)(=O)N2CCC(C)(CN)C2)cc1.Cl. The van der Waals surface area contributed by atoms with Crippen LogP contribution in [0.4, 0.5) is 0 Å². The van der Waals surface area contributed by atoms with Crippen LogP contribution in [0.15, 0.2) is 29.2 Å². The van der Waals surface area contributed by atoms with E-state index in [-0.39, 0.29) is 17.8 Å². The lowest BCUT2D eigenvalue weighted by molar-refractivity contribution is 0.340. The second-order valence-electron chi connectivity index (χ2n) is 5.51. The zero-order valence-corrected chi connectivity index (χ0v) is 14.0. The first-order valence-corrected chi connectivity index (χ1v) is 8.28. The van der Waals surface area contributed by atoms with Crippen molar-refractivity contribution in [2.75, 3.05) is 26.2 Å². The molecule has 1 aliphatic rings. The van der Waals surface area contributed by atoms with Crippen LogP contribution >= 0.6 is 12.4 Å². The normalized spacial score (nSPS) is 22.8. The summed E-state index contributed by atoms with van der Waals surface area (Å²) in [5.41, 5.74) is 5.61. The van der Waals surface area contributed by atoms with Crippen LogP contribution in [0.5, 0.6) is 5.75 Å². The van der Waals surface area contributed by atoms with E-state index in [4.69, 9.17) is 10.5 Å². The summed E-state index contributed by atoms with van der Waals surface area (Å²) in [5.74, 6) is 0.680. The topological polar surface area (TPSA) is 72.6 Å². The summed E-state index contributed by atoms with van der Waals surface area (Å²) >= 11 is 0. The van der Waals surface area contributed by atoms with Crippen LogP contribution < -0.4 is 10.5 Å². The fraction of sp³-hybridized carbons (Fsp3) is 0.571. The minimum Gasteiger partial charge on any atom is -0.494 e. The summed E-state index contributed by atoms with van der Waals surface area (Å²) in [5, 5.41) is 0. The molecule has 1 unspecified atom stereocenters. The van der Waals surface area contributed by atoms with Gasteiger partial charge in [-0.3, -0.25) is 0 Å². The number of nitrogens with two attached hydrogens (primary N) is 1. The summed E-state index contributed by atoms with van der Waals surface area (Å²) in [6.45, 7) is 6.00. The molecule has 1 fully saturated rings. The van der Waals surface area contributed by atoms with Gasteiger partial charge in [-0.2, -0.15) is 4.31 Å². The number of nitrogens with zero attached hydrogens (tertiary/aromatic N) is 1. The summed E-state index contributed by atoms with van der Waals surface area (Å²) < 4.78 is 32.0. The highest BCUT2D eigenvalue weighted by Gasteiger charge is 2.38. The van der Waals surface area contributed by atoms with E-state index in [1.165, 1.54) is 4.31 Å². The molecule has 0 saturated carbocycles. The van der Waals surface area contributed by atoms with E-state index in [2.05, 4.69) is 0 Å². The average molecular weight is 335 g/mol. The third-order valence-corrected chi connectivity index (χ3v) is 5.65. The maximum Gasteiger partial charge on any atom is 0.243 e. The van der Waals surface area contributed by atoms with E-state index in [0.717, 1.165) is 6.42 Å². The number of rotatable bonds is 5. The lowest BCUT2D eigenvalue weighted by atomic mass is 9.90. The second kappa shape index (κ2) is 6.96. The molecule has 21 heavy (non-hydrogen) atoms. The van der Waals surface area contributed by atoms with Gasteiger partial charge in [0, 0.05) is 13.1 Å². The molecule has 2 rings (SSSR count). The Morgan fingerprint density at radius 3 is 2.43 bits per heavy atom. The first-order valence-electron chi connectivity index (χ1n) is 6.84. The van der Waals surface area contributed by atoms with Gasteiger partial charge < -0.3 is 10.5 Å². The highest BCUT2D eigenvalue weighted by molar-refractivity contribution is 7.89. The van der Waals surface area contributed by atoms with E-state index < -0.39 is 10.0 Å². The maximum absolute atomic E-state index is 12.6. The smallest absolute Gasteiger partial charge is 0.243 e. The Labute approximate surface area is 132 Å². The first kappa shape index (κ1) is 18.2. The zero-order valence-electron chi connectivity index (χ0n) is 12.4. The van der Waals surface area contributed by atoms with Gasteiger partial charge in [-0.25, -0.2) is 8.42 Å². The van der Waals surface area contributed by atoms with Gasteiger partial charge in [0.05, 0.1) is 11.5 Å². The molecule has 0 radical (unpaired) electrons. The molecule has 0 spiro atoms. The molecule has 1 aliphatic heterocycles. The van der Waals surface area contributed by atoms with Crippen molar-refractivity contribution >= 4 is 22.4 Å². The lowest BCUT2D eigenvalue weighted by Gasteiger charge is -2.22. The standard InChI is InChI=1S/C14H22N2O3S.ClH/c1-3-19-12-4-6-13(7-5-12)20(17,18)16-9-8-14(2,10-15)11-16;/h4-7H,3,8-11,15H2,1-2H3;1H. The molecule has 1 aromatic rings. The van der Waals surface area contributed by atoms with Crippen LogP contribution in [0.3, 0.4) is 0 Å². The molecule has 5 nitrogen and oxygen atoms in total. The minimum atomic E-state index is -3.43. The quantitative estimate of drug-likeness (QED) is 0.892. The molecule has 1 aromatic carbocycles. The molecule has 0 bridgehead atoms. The fourth-order valence-electron chi connectivity index (χ4n) is 2.37. The summed E-state index contributed by atoms with van der Waals surface area (Å²) in [7, 11) is -3.43. The third-order valence-electron chi connectivity index (χ3n) is 3.79. The van der Waals surface area contributed by atoms with Crippen molar-refractivity contribution in [3.05, 3.63) is 24.3 Å². The predicted octanol–water partition coefficient (Wildman–Crippen LogP) is 1.87. The summed E-state index contributed by atoms with van der Waals surface area (Å²) in [4.78, 5) is 0.308. The van der Waals surface area contributed by atoms with Crippen molar-refractivity contribution in [1.82, 2.24) is 4.31 Å². The van der Waals surface area contributed by atoms with Crippen molar-refractivity contribution in [3.63, 3.8) is 0 Å². The van der Waals surface area contributed by atoms with E-state index in [1.54, 1.807) is 24.3 Å². The van der Waals surface area contributed by atoms with Gasteiger partial charge in [-0.05, 0) is 49.6 Å². The van der Waals surface area contributed by atoms with Crippen LogP contribution in [-0.2, 0) is 10.0 Å². The van der Waals surface area contributed by atoms with Crippen molar-refractivity contribution in [2.24, 2.45) is 11.1 Å². The molecule has 7 heteroatoms. The van der Waals surface area contributed by atoms with Crippen molar-refractivity contribution in [1.29, 1.82) is 0 Å². The van der Waals surface area contributed by atoms with Crippen molar-refractivity contribution in [2.45, 2.75) is 25.2 Å². The highest BCUT2D eigenvalue weighted by atomic mass is 35.5. The second-order valence-corrected chi connectivity index (χ2v) is 7.45. The minimum absolute atomic E-state index is 0. The van der Waals surface area contributed by atoms with Crippen molar-refractivity contribution in [3.8, 4) is 5.75 Å². The van der Waals surface area contributed by atoms with E-state index >= 15 is 0 Å². The van der Waals surface area contributed by atoms with Gasteiger partial charge in [0.15, 0.2) is 0 Å². The molecule has 1 saturated heterocycles. The average Bonchev–Trinajstić information content (AvgIpc) is 2.84.